The summed E-state index contributed by atoms with van der Waals surface area (Å²) in [5, 5.41) is 8.46. The van der Waals surface area contributed by atoms with E-state index < -0.39 is 0 Å². The molecule has 148 valence electrons. The molecule has 3 amide bonds. The minimum absolute atomic E-state index is 0.0463. The van der Waals surface area contributed by atoms with E-state index in [9.17, 15) is 9.59 Å². The van der Waals surface area contributed by atoms with E-state index in [1.165, 1.54) is 0 Å². The van der Waals surface area contributed by atoms with E-state index in [2.05, 4.69) is 31.9 Å². The molecule has 1 saturated heterocycles. The van der Waals surface area contributed by atoms with Crippen molar-refractivity contribution in [2.75, 3.05) is 23.8 Å². The van der Waals surface area contributed by atoms with E-state index >= 15 is 0 Å². The molecule has 0 radical (unpaired) electrons. The number of ether oxygens (including phenoxy) is 1. The van der Waals surface area contributed by atoms with Gasteiger partial charge >= 0.3 is 6.03 Å². The summed E-state index contributed by atoms with van der Waals surface area (Å²) in [5.41, 5.74) is 2.47. The number of benzene rings is 2. The van der Waals surface area contributed by atoms with Crippen molar-refractivity contribution in [2.45, 2.75) is 31.8 Å². The van der Waals surface area contributed by atoms with Gasteiger partial charge < -0.3 is 20.7 Å². The molecule has 1 aliphatic rings. The number of amides is 3. The van der Waals surface area contributed by atoms with Crippen molar-refractivity contribution < 1.29 is 14.3 Å². The van der Waals surface area contributed by atoms with Crippen LogP contribution in [0.3, 0.4) is 0 Å². The maximum Gasteiger partial charge on any atom is 0.319 e. The molecule has 1 aliphatic heterocycles. The van der Waals surface area contributed by atoms with Crippen molar-refractivity contribution in [1.29, 1.82) is 0 Å². The molecule has 2 aromatic carbocycles. The second-order valence-corrected chi connectivity index (χ2v) is 7.64. The fraction of sp³-hybridized carbons (Fsp3) is 0.333. The molecule has 2 aromatic rings. The smallest absolute Gasteiger partial charge is 0.319 e. The molecular weight excluding hydrogens is 422 g/mol. The summed E-state index contributed by atoms with van der Waals surface area (Å²) >= 11 is 3.43. The van der Waals surface area contributed by atoms with Gasteiger partial charge in [0.1, 0.15) is 0 Å². The number of carbonyl (C=O) groups excluding carboxylic acids is 2. The average molecular weight is 446 g/mol. The van der Waals surface area contributed by atoms with E-state index in [0.29, 0.717) is 30.8 Å². The molecule has 0 spiro atoms. The van der Waals surface area contributed by atoms with Crippen LogP contribution in [0.5, 0.6) is 0 Å². The van der Waals surface area contributed by atoms with E-state index in [-0.39, 0.29) is 18.0 Å². The molecule has 1 fully saturated rings. The maximum atomic E-state index is 12.1. The van der Waals surface area contributed by atoms with Gasteiger partial charge in [0.25, 0.3) is 0 Å². The first kappa shape index (κ1) is 20.4. The molecule has 1 unspecified atom stereocenters. The van der Waals surface area contributed by atoms with Gasteiger partial charge in [-0.15, -0.1) is 0 Å². The molecular formula is C21H24BrN3O3. The molecule has 3 rings (SSSR count). The maximum absolute atomic E-state index is 12.1. The van der Waals surface area contributed by atoms with E-state index in [4.69, 9.17) is 4.74 Å². The lowest BCUT2D eigenvalue weighted by molar-refractivity contribution is -0.116. The first-order valence-electron chi connectivity index (χ1n) is 9.39. The Morgan fingerprint density at radius 1 is 1.07 bits per heavy atom. The number of halogens is 1. The lowest BCUT2D eigenvalue weighted by Gasteiger charge is -2.12. The molecule has 0 aromatic heterocycles. The fourth-order valence-corrected chi connectivity index (χ4v) is 3.44. The minimum Gasteiger partial charge on any atom is -0.376 e. The largest absolute Gasteiger partial charge is 0.376 e. The lowest BCUT2D eigenvalue weighted by atomic mass is 10.1. The number of carbonyl (C=O) groups is 2. The van der Waals surface area contributed by atoms with Crippen molar-refractivity contribution in [1.82, 2.24) is 5.32 Å². The van der Waals surface area contributed by atoms with Gasteiger partial charge in [0.05, 0.1) is 6.10 Å². The first-order chi connectivity index (χ1) is 13.6. The summed E-state index contributed by atoms with van der Waals surface area (Å²) in [6.07, 6.45) is 3.22. The zero-order valence-corrected chi connectivity index (χ0v) is 17.1. The number of rotatable bonds is 7. The second kappa shape index (κ2) is 10.2. The quantitative estimate of drug-likeness (QED) is 0.593. The molecule has 1 atom stereocenters. The SMILES string of the molecule is O=C(CCc1cccc(Br)c1)Nc1ccc(NC(=O)NCC2CCCO2)cc1. The molecule has 0 saturated carbocycles. The predicted molar refractivity (Wildman–Crippen MR) is 114 cm³/mol. The van der Waals surface area contributed by atoms with Crippen LogP contribution in [0.2, 0.25) is 0 Å². The van der Waals surface area contributed by atoms with E-state index in [1.807, 2.05) is 24.3 Å². The van der Waals surface area contributed by atoms with Crippen LogP contribution in [0.4, 0.5) is 16.2 Å². The molecule has 6 nitrogen and oxygen atoms in total. The van der Waals surface area contributed by atoms with Gasteiger partial charge in [0.2, 0.25) is 5.91 Å². The molecule has 0 aliphatic carbocycles. The van der Waals surface area contributed by atoms with Gasteiger partial charge in [0.15, 0.2) is 0 Å². The van der Waals surface area contributed by atoms with Gasteiger partial charge in [-0.3, -0.25) is 4.79 Å². The number of aryl methyl sites for hydroxylation is 1. The van der Waals surface area contributed by atoms with Crippen LogP contribution in [0, 0.1) is 0 Å². The van der Waals surface area contributed by atoms with E-state index in [0.717, 1.165) is 29.5 Å². The van der Waals surface area contributed by atoms with Gasteiger partial charge in [0, 0.05) is 35.4 Å². The van der Waals surface area contributed by atoms with Crippen LogP contribution >= 0.6 is 15.9 Å². The summed E-state index contributed by atoms with van der Waals surface area (Å²) in [4.78, 5) is 24.1. The Hall–Kier alpha value is -2.38. The Bertz CT molecular complexity index is 805. The van der Waals surface area contributed by atoms with Gasteiger partial charge in [-0.25, -0.2) is 4.79 Å². The zero-order valence-electron chi connectivity index (χ0n) is 15.5. The predicted octanol–water partition coefficient (Wildman–Crippen LogP) is 4.32. The summed E-state index contributed by atoms with van der Waals surface area (Å²) in [6, 6.07) is 14.7. The Kier molecular flexibility index (Phi) is 7.45. The third-order valence-electron chi connectivity index (χ3n) is 4.47. The number of nitrogens with one attached hydrogen (secondary N) is 3. The highest BCUT2D eigenvalue weighted by molar-refractivity contribution is 9.10. The standard InChI is InChI=1S/C21H24BrN3O3/c22-16-4-1-3-15(13-16)6-11-20(26)24-17-7-9-18(10-8-17)25-21(27)23-14-19-5-2-12-28-19/h1,3-4,7-10,13,19H,2,5-6,11-12,14H2,(H,24,26)(H2,23,25,27). The average Bonchev–Trinajstić information content (AvgIpc) is 3.20. The third-order valence-corrected chi connectivity index (χ3v) is 4.96. The van der Waals surface area contributed by atoms with Crippen LogP contribution in [-0.2, 0) is 16.0 Å². The second-order valence-electron chi connectivity index (χ2n) is 6.73. The summed E-state index contributed by atoms with van der Waals surface area (Å²) in [7, 11) is 0. The molecule has 28 heavy (non-hydrogen) atoms. The number of hydrogen-bond donors (Lipinski definition) is 3. The van der Waals surface area contributed by atoms with E-state index in [1.54, 1.807) is 24.3 Å². The van der Waals surface area contributed by atoms with Crippen molar-refractivity contribution >= 4 is 39.2 Å². The first-order valence-corrected chi connectivity index (χ1v) is 10.2. The highest BCUT2D eigenvalue weighted by atomic mass is 79.9. The Morgan fingerprint density at radius 3 is 2.50 bits per heavy atom. The number of urea groups is 1. The van der Waals surface area contributed by atoms with Crippen LogP contribution in [0.1, 0.15) is 24.8 Å². The topological polar surface area (TPSA) is 79.5 Å². The number of hydrogen-bond acceptors (Lipinski definition) is 3. The van der Waals surface area contributed by atoms with Crippen molar-refractivity contribution in [3.05, 3.63) is 58.6 Å². The molecule has 1 heterocycles. The normalized spacial score (nSPS) is 15.8. The summed E-state index contributed by atoms with van der Waals surface area (Å²) in [6.45, 7) is 1.28. The fourth-order valence-electron chi connectivity index (χ4n) is 3.00. The van der Waals surface area contributed by atoms with Crippen LogP contribution in [-0.4, -0.2) is 31.2 Å². The third kappa shape index (κ3) is 6.65. The molecule has 0 bridgehead atoms. The Balaban J connectivity index is 1.40. The molecule has 7 heteroatoms. The van der Waals surface area contributed by atoms with Crippen LogP contribution < -0.4 is 16.0 Å². The van der Waals surface area contributed by atoms with Crippen molar-refractivity contribution in [3.63, 3.8) is 0 Å². The van der Waals surface area contributed by atoms with Crippen molar-refractivity contribution in [3.8, 4) is 0 Å². The highest BCUT2D eigenvalue weighted by Crippen LogP contribution is 2.16. The van der Waals surface area contributed by atoms with Gasteiger partial charge in [-0.1, -0.05) is 28.1 Å². The summed E-state index contributed by atoms with van der Waals surface area (Å²) in [5.74, 6) is -0.0463. The van der Waals surface area contributed by atoms with Gasteiger partial charge in [-0.2, -0.15) is 0 Å². The van der Waals surface area contributed by atoms with Crippen LogP contribution in [0.15, 0.2) is 53.0 Å². The lowest BCUT2D eigenvalue weighted by Crippen LogP contribution is -2.35. The van der Waals surface area contributed by atoms with Crippen molar-refractivity contribution in [2.24, 2.45) is 0 Å². The number of anilines is 2. The minimum atomic E-state index is -0.263. The summed E-state index contributed by atoms with van der Waals surface area (Å²) < 4.78 is 6.48. The zero-order chi connectivity index (χ0) is 19.8. The highest BCUT2D eigenvalue weighted by Gasteiger charge is 2.16. The van der Waals surface area contributed by atoms with Crippen LogP contribution in [0.25, 0.3) is 0 Å². The Labute approximate surface area is 173 Å². The monoisotopic (exact) mass is 445 g/mol. The Morgan fingerprint density at radius 2 is 1.82 bits per heavy atom. The molecule has 3 N–H and O–H groups in total. The van der Waals surface area contributed by atoms with Gasteiger partial charge in [-0.05, 0) is 61.2 Å².